The van der Waals surface area contributed by atoms with Crippen LogP contribution in [0.2, 0.25) is 0 Å². The predicted molar refractivity (Wildman–Crippen MR) is 86.3 cm³/mol. The van der Waals surface area contributed by atoms with E-state index in [1.54, 1.807) is 12.2 Å². The fraction of sp³-hybridized carbons (Fsp3) is 0.312. The van der Waals surface area contributed by atoms with Gasteiger partial charge in [-0.3, -0.25) is 10.0 Å². The summed E-state index contributed by atoms with van der Waals surface area (Å²) in [6.45, 7) is 14.6. The summed E-state index contributed by atoms with van der Waals surface area (Å²) in [5.41, 5.74) is 0.490. The number of rotatable bonds is 9. The van der Waals surface area contributed by atoms with E-state index in [9.17, 15) is 10.0 Å². The quantitative estimate of drug-likeness (QED) is 0.306. The minimum atomic E-state index is -0.423. The highest BCUT2D eigenvalue weighted by Gasteiger charge is 2.17. The Kier molecular flexibility index (Phi) is 8.59. The molecule has 0 unspecified atom stereocenters. The monoisotopic (exact) mass is 307 g/mol. The highest BCUT2D eigenvalue weighted by Crippen LogP contribution is 2.14. The lowest BCUT2D eigenvalue weighted by Gasteiger charge is -2.25. The smallest absolute Gasteiger partial charge is 0.257 e. The summed E-state index contributed by atoms with van der Waals surface area (Å²) in [5, 5.41) is 19.2. The van der Waals surface area contributed by atoms with Crippen molar-refractivity contribution in [3.63, 3.8) is 0 Å². The molecule has 0 saturated carbocycles. The van der Waals surface area contributed by atoms with E-state index in [4.69, 9.17) is 9.94 Å². The Hall–Kier alpha value is -2.31. The molecule has 0 aliphatic heterocycles. The normalized spacial score (nSPS) is 11.2. The van der Waals surface area contributed by atoms with E-state index in [1.165, 1.54) is 25.0 Å². The minimum Gasteiger partial charge on any atom is -0.734 e. The Balaban J connectivity index is 5.19. The SMILES string of the molecule is C=C(CCN(C(=C)/C=C\C)C(=O)C(=C)/C=C(\C)N([O-])O)OC. The lowest BCUT2D eigenvalue weighted by atomic mass is 10.2. The number of hydrogen-bond acceptors (Lipinski definition) is 5. The summed E-state index contributed by atoms with van der Waals surface area (Å²) >= 11 is 0. The number of carbonyl (C=O) groups is 1. The van der Waals surface area contributed by atoms with E-state index in [2.05, 4.69) is 19.7 Å². The zero-order chi connectivity index (χ0) is 17.3. The number of ether oxygens (including phenoxy) is 1. The second-order valence-electron chi connectivity index (χ2n) is 4.52. The van der Waals surface area contributed by atoms with Gasteiger partial charge in [0.05, 0.1) is 12.9 Å². The first-order chi connectivity index (χ1) is 10.2. The molecule has 0 spiro atoms. The summed E-state index contributed by atoms with van der Waals surface area (Å²) < 4.78 is 4.98. The Morgan fingerprint density at radius 1 is 1.36 bits per heavy atom. The van der Waals surface area contributed by atoms with Gasteiger partial charge in [-0.05, 0) is 26.0 Å². The molecule has 0 heterocycles. The number of hydroxylamine groups is 2. The molecule has 0 aliphatic carbocycles. The van der Waals surface area contributed by atoms with E-state index in [0.717, 1.165) is 0 Å². The molecule has 1 N–H and O–H groups in total. The van der Waals surface area contributed by atoms with Crippen molar-refractivity contribution >= 4 is 5.91 Å². The third kappa shape index (κ3) is 6.43. The van der Waals surface area contributed by atoms with E-state index in [-0.39, 0.29) is 16.5 Å². The van der Waals surface area contributed by atoms with Gasteiger partial charge in [0.2, 0.25) is 0 Å². The van der Waals surface area contributed by atoms with Gasteiger partial charge in [-0.25, -0.2) is 0 Å². The maximum atomic E-state index is 12.4. The van der Waals surface area contributed by atoms with Gasteiger partial charge >= 0.3 is 0 Å². The molecule has 0 aromatic carbocycles. The van der Waals surface area contributed by atoms with Gasteiger partial charge in [0.25, 0.3) is 5.91 Å². The Labute approximate surface area is 131 Å². The molecule has 0 saturated heterocycles. The molecule has 0 rings (SSSR count). The molecule has 0 aliphatic rings. The molecular formula is C16H23N2O4-. The number of nitrogens with zero attached hydrogens (tertiary/aromatic N) is 2. The second-order valence-corrected chi connectivity index (χ2v) is 4.52. The lowest BCUT2D eigenvalue weighted by Crippen LogP contribution is -2.31. The van der Waals surface area contributed by atoms with Crippen LogP contribution in [0.1, 0.15) is 20.3 Å². The van der Waals surface area contributed by atoms with Crippen LogP contribution >= 0.6 is 0 Å². The second kappa shape index (κ2) is 9.59. The van der Waals surface area contributed by atoms with Crippen molar-refractivity contribution < 1.29 is 14.7 Å². The summed E-state index contributed by atoms with van der Waals surface area (Å²) in [6.07, 6.45) is 5.08. The first kappa shape index (κ1) is 19.7. The molecule has 22 heavy (non-hydrogen) atoms. The van der Waals surface area contributed by atoms with Gasteiger partial charge in [0.15, 0.2) is 0 Å². The summed E-state index contributed by atoms with van der Waals surface area (Å²) in [6, 6.07) is 0. The predicted octanol–water partition coefficient (Wildman–Crippen LogP) is 3.10. The van der Waals surface area contributed by atoms with E-state index in [0.29, 0.717) is 24.4 Å². The van der Waals surface area contributed by atoms with Crippen LogP contribution < -0.4 is 0 Å². The van der Waals surface area contributed by atoms with Gasteiger partial charge in [0.1, 0.15) is 0 Å². The molecule has 122 valence electrons. The zero-order valence-electron chi connectivity index (χ0n) is 13.3. The minimum absolute atomic E-state index is 0.0451. The van der Waals surface area contributed by atoms with Crippen LogP contribution in [0, 0.1) is 5.21 Å². The van der Waals surface area contributed by atoms with Crippen molar-refractivity contribution in [2.75, 3.05) is 13.7 Å². The topological polar surface area (TPSA) is 76.1 Å². The third-order valence-electron chi connectivity index (χ3n) is 2.81. The molecule has 0 radical (unpaired) electrons. The van der Waals surface area contributed by atoms with Crippen LogP contribution in [-0.4, -0.2) is 34.9 Å². The van der Waals surface area contributed by atoms with Gasteiger partial charge in [-0.2, -0.15) is 0 Å². The van der Waals surface area contributed by atoms with Crippen molar-refractivity contribution in [1.82, 2.24) is 10.1 Å². The number of amides is 1. The van der Waals surface area contributed by atoms with Crippen LogP contribution in [-0.2, 0) is 9.53 Å². The standard InChI is InChI=1S/C16H23N2O4/c1-7-8-13(3)17(10-9-15(5)22-6)16(19)12(2)11-14(4)18(20)21/h7-8,11,20H,2-3,5,9-10H2,1,4,6H3/q-1/b8-7-,14-11+. The highest BCUT2D eigenvalue weighted by atomic mass is 16.8. The molecule has 0 aromatic rings. The average Bonchev–Trinajstić information content (AvgIpc) is 2.46. The summed E-state index contributed by atoms with van der Waals surface area (Å²) in [7, 11) is 1.50. The molecule has 6 nitrogen and oxygen atoms in total. The van der Waals surface area contributed by atoms with Gasteiger partial charge < -0.3 is 20.1 Å². The number of allylic oxidation sites excluding steroid dienone is 3. The molecule has 0 bridgehead atoms. The first-order valence-corrected chi connectivity index (χ1v) is 6.63. The summed E-state index contributed by atoms with van der Waals surface area (Å²) in [4.78, 5) is 13.8. The van der Waals surface area contributed by atoms with Crippen LogP contribution in [0.4, 0.5) is 0 Å². The van der Waals surface area contributed by atoms with Crippen LogP contribution in [0.25, 0.3) is 0 Å². The van der Waals surface area contributed by atoms with Crippen LogP contribution in [0.15, 0.2) is 60.7 Å². The Morgan fingerprint density at radius 3 is 2.41 bits per heavy atom. The highest BCUT2D eigenvalue weighted by molar-refractivity contribution is 5.96. The van der Waals surface area contributed by atoms with Gasteiger partial charge in [-0.1, -0.05) is 25.8 Å². The van der Waals surface area contributed by atoms with Crippen molar-refractivity contribution in [3.8, 4) is 0 Å². The molecule has 1 amide bonds. The third-order valence-corrected chi connectivity index (χ3v) is 2.81. The van der Waals surface area contributed by atoms with Crippen molar-refractivity contribution in [2.45, 2.75) is 20.3 Å². The molecular weight excluding hydrogens is 284 g/mol. The Bertz CT molecular complexity index is 504. The zero-order valence-corrected chi connectivity index (χ0v) is 13.3. The molecule has 6 heteroatoms. The van der Waals surface area contributed by atoms with Crippen molar-refractivity contribution in [1.29, 1.82) is 0 Å². The maximum Gasteiger partial charge on any atom is 0.257 e. The van der Waals surface area contributed by atoms with E-state index >= 15 is 0 Å². The van der Waals surface area contributed by atoms with Gasteiger partial charge in [0, 0.05) is 29.9 Å². The fourth-order valence-electron chi connectivity index (χ4n) is 1.54. The number of carbonyl (C=O) groups excluding carboxylic acids is 1. The first-order valence-electron chi connectivity index (χ1n) is 6.63. The van der Waals surface area contributed by atoms with E-state index < -0.39 is 5.91 Å². The maximum absolute atomic E-state index is 12.4. The molecule has 0 fully saturated rings. The van der Waals surface area contributed by atoms with Crippen molar-refractivity contribution in [2.24, 2.45) is 0 Å². The largest absolute Gasteiger partial charge is 0.734 e. The number of methoxy groups -OCH3 is 1. The lowest BCUT2D eigenvalue weighted by molar-refractivity contribution is -0.124. The summed E-state index contributed by atoms with van der Waals surface area (Å²) in [5.74, 6) is 0.109. The molecule has 0 aromatic heterocycles. The Morgan fingerprint density at radius 2 is 1.95 bits per heavy atom. The molecule has 0 atom stereocenters. The van der Waals surface area contributed by atoms with Crippen LogP contribution in [0.3, 0.4) is 0 Å². The van der Waals surface area contributed by atoms with E-state index in [1.807, 2.05) is 6.92 Å². The number of hydrogen-bond donors (Lipinski definition) is 1. The average molecular weight is 307 g/mol. The van der Waals surface area contributed by atoms with Crippen LogP contribution in [0.5, 0.6) is 0 Å². The fourth-order valence-corrected chi connectivity index (χ4v) is 1.54. The van der Waals surface area contributed by atoms with Gasteiger partial charge in [-0.15, -0.1) is 0 Å². The van der Waals surface area contributed by atoms with Crippen molar-refractivity contribution in [3.05, 3.63) is 65.9 Å².